The highest BCUT2D eigenvalue weighted by molar-refractivity contribution is 5.93. The Kier molecular flexibility index (Phi) is 6.74. The number of rotatable bonds is 6. The number of fused-ring (bicyclic) bond motifs is 1. The van der Waals surface area contributed by atoms with E-state index in [0.717, 1.165) is 17.7 Å². The number of piperidine rings is 1. The lowest BCUT2D eigenvalue weighted by Gasteiger charge is -2.32. The quantitative estimate of drug-likeness (QED) is 0.739. The molecule has 0 aliphatic carbocycles. The summed E-state index contributed by atoms with van der Waals surface area (Å²) in [6.45, 7) is 5.91. The molecule has 9 nitrogen and oxygen atoms in total. The van der Waals surface area contributed by atoms with Gasteiger partial charge in [0.1, 0.15) is 11.9 Å². The van der Waals surface area contributed by atoms with Gasteiger partial charge in [-0.3, -0.25) is 9.59 Å². The molecular formula is C23H31N5O4. The van der Waals surface area contributed by atoms with Gasteiger partial charge in [-0.15, -0.1) is 5.10 Å². The van der Waals surface area contributed by atoms with Crippen LogP contribution in [0.5, 0.6) is 5.75 Å². The highest BCUT2D eigenvalue weighted by Crippen LogP contribution is 2.29. The van der Waals surface area contributed by atoms with Gasteiger partial charge in [-0.05, 0) is 43.9 Å². The largest absolute Gasteiger partial charge is 0.497 e. The Morgan fingerprint density at radius 1 is 1.25 bits per heavy atom. The fourth-order valence-electron chi connectivity index (χ4n) is 4.16. The predicted molar refractivity (Wildman–Crippen MR) is 117 cm³/mol. The molecule has 9 heteroatoms. The Hall–Kier alpha value is -2.94. The molecule has 172 valence electrons. The third kappa shape index (κ3) is 4.62. The maximum Gasteiger partial charge on any atom is 0.276 e. The minimum Gasteiger partial charge on any atom is -0.497 e. The number of methoxy groups -OCH3 is 1. The smallest absolute Gasteiger partial charge is 0.276 e. The summed E-state index contributed by atoms with van der Waals surface area (Å²) < 4.78 is 13.0. The van der Waals surface area contributed by atoms with E-state index in [1.807, 2.05) is 31.2 Å². The molecular weight excluding hydrogens is 410 g/mol. The number of amides is 2. The average molecular weight is 442 g/mol. The number of carbonyl (C=O) groups is 2. The van der Waals surface area contributed by atoms with Crippen LogP contribution in [0.1, 0.15) is 61.0 Å². The number of carbonyl (C=O) groups excluding carboxylic acids is 2. The second-order valence-electron chi connectivity index (χ2n) is 8.52. The van der Waals surface area contributed by atoms with Crippen LogP contribution in [-0.4, -0.2) is 57.9 Å². The summed E-state index contributed by atoms with van der Waals surface area (Å²) in [7, 11) is 1.64. The lowest BCUT2D eigenvalue weighted by molar-refractivity contribution is -0.126. The predicted octanol–water partition coefficient (Wildman–Crippen LogP) is 2.33. The van der Waals surface area contributed by atoms with Crippen molar-refractivity contribution in [3.05, 3.63) is 41.2 Å². The standard InChI is InChI=1S/C23H31N5O4/c1-4-15(2)24-22(29)17-9-11-27(12-10-17)23(30)21-19-14-32-20(13-28(19)26-25-21)16-5-7-18(31-3)8-6-16/h5-8,15,17,20H,4,9-14H2,1-3H3,(H,24,29)/t15-,20-/m1/s1. The molecule has 2 aliphatic heterocycles. The Morgan fingerprint density at radius 2 is 1.97 bits per heavy atom. The lowest BCUT2D eigenvalue weighted by atomic mass is 9.95. The van der Waals surface area contributed by atoms with Crippen LogP contribution in [0.4, 0.5) is 0 Å². The van der Waals surface area contributed by atoms with Crippen LogP contribution in [0.15, 0.2) is 24.3 Å². The van der Waals surface area contributed by atoms with Gasteiger partial charge in [0.15, 0.2) is 5.69 Å². The molecule has 0 unspecified atom stereocenters. The van der Waals surface area contributed by atoms with Gasteiger partial charge >= 0.3 is 0 Å². The SMILES string of the molecule is CC[C@@H](C)NC(=O)C1CCN(C(=O)c2nnn3c2CO[C@@H](c2ccc(OC)cc2)C3)CC1. The summed E-state index contributed by atoms with van der Waals surface area (Å²) in [6.07, 6.45) is 2.07. The van der Waals surface area contributed by atoms with Gasteiger partial charge in [-0.25, -0.2) is 4.68 Å². The number of ether oxygens (including phenoxy) is 2. The van der Waals surface area contributed by atoms with Crippen LogP contribution in [0.3, 0.4) is 0 Å². The molecule has 1 aromatic heterocycles. The first-order valence-corrected chi connectivity index (χ1v) is 11.3. The molecule has 32 heavy (non-hydrogen) atoms. The van der Waals surface area contributed by atoms with Crippen molar-refractivity contribution >= 4 is 11.8 Å². The molecule has 2 amide bonds. The zero-order valence-corrected chi connectivity index (χ0v) is 18.9. The molecule has 0 radical (unpaired) electrons. The zero-order chi connectivity index (χ0) is 22.7. The monoisotopic (exact) mass is 441 g/mol. The van der Waals surface area contributed by atoms with Gasteiger partial charge < -0.3 is 19.7 Å². The van der Waals surface area contributed by atoms with Crippen molar-refractivity contribution in [3.8, 4) is 5.75 Å². The van der Waals surface area contributed by atoms with Gasteiger partial charge in [-0.1, -0.05) is 24.3 Å². The summed E-state index contributed by atoms with van der Waals surface area (Å²) >= 11 is 0. The molecule has 0 spiro atoms. The molecule has 2 aliphatic rings. The highest BCUT2D eigenvalue weighted by atomic mass is 16.5. The van der Waals surface area contributed by atoms with Crippen LogP contribution in [0.2, 0.25) is 0 Å². The highest BCUT2D eigenvalue weighted by Gasteiger charge is 2.33. The van der Waals surface area contributed by atoms with Gasteiger partial charge in [0, 0.05) is 25.0 Å². The maximum atomic E-state index is 13.1. The molecule has 1 N–H and O–H groups in total. The Morgan fingerprint density at radius 3 is 2.62 bits per heavy atom. The molecule has 1 aromatic carbocycles. The molecule has 0 bridgehead atoms. The topological polar surface area (TPSA) is 98.6 Å². The second kappa shape index (κ2) is 9.68. The van der Waals surface area contributed by atoms with E-state index >= 15 is 0 Å². The molecule has 2 atom stereocenters. The molecule has 4 rings (SSSR count). The number of aromatic nitrogens is 3. The van der Waals surface area contributed by atoms with E-state index in [2.05, 4.69) is 22.6 Å². The zero-order valence-electron chi connectivity index (χ0n) is 18.9. The minimum absolute atomic E-state index is 0.0457. The van der Waals surface area contributed by atoms with E-state index in [-0.39, 0.29) is 36.5 Å². The summed E-state index contributed by atoms with van der Waals surface area (Å²) in [5.74, 6) is 0.694. The third-order valence-corrected chi connectivity index (χ3v) is 6.44. The molecule has 1 fully saturated rings. The Labute approximate surface area is 188 Å². The van der Waals surface area contributed by atoms with Crippen LogP contribution < -0.4 is 10.1 Å². The lowest BCUT2D eigenvalue weighted by Crippen LogP contribution is -2.45. The van der Waals surface area contributed by atoms with Gasteiger partial charge in [0.05, 0.1) is 26.0 Å². The first-order valence-electron chi connectivity index (χ1n) is 11.3. The first-order chi connectivity index (χ1) is 15.5. The van der Waals surface area contributed by atoms with E-state index in [4.69, 9.17) is 9.47 Å². The third-order valence-electron chi connectivity index (χ3n) is 6.44. The van der Waals surface area contributed by atoms with E-state index in [1.54, 1.807) is 16.7 Å². The number of hydrogen-bond donors (Lipinski definition) is 1. The van der Waals surface area contributed by atoms with Crippen molar-refractivity contribution in [2.24, 2.45) is 5.92 Å². The second-order valence-corrected chi connectivity index (χ2v) is 8.52. The molecule has 2 aromatic rings. The number of nitrogens with zero attached hydrogens (tertiary/aromatic N) is 4. The van der Waals surface area contributed by atoms with Crippen LogP contribution in [-0.2, 0) is 22.7 Å². The molecule has 3 heterocycles. The summed E-state index contributed by atoms with van der Waals surface area (Å²) in [5.41, 5.74) is 2.08. The number of nitrogens with one attached hydrogen (secondary N) is 1. The van der Waals surface area contributed by atoms with Gasteiger partial charge in [-0.2, -0.15) is 0 Å². The van der Waals surface area contributed by atoms with Crippen molar-refractivity contribution in [2.75, 3.05) is 20.2 Å². The summed E-state index contributed by atoms with van der Waals surface area (Å²) in [5, 5.41) is 11.4. The van der Waals surface area contributed by atoms with Crippen molar-refractivity contribution in [1.29, 1.82) is 0 Å². The number of likely N-dealkylation sites (tertiary alicyclic amines) is 1. The molecule has 1 saturated heterocycles. The maximum absolute atomic E-state index is 13.1. The van der Waals surface area contributed by atoms with E-state index in [0.29, 0.717) is 43.9 Å². The van der Waals surface area contributed by atoms with E-state index < -0.39 is 0 Å². The van der Waals surface area contributed by atoms with E-state index in [1.165, 1.54) is 0 Å². The van der Waals surface area contributed by atoms with E-state index in [9.17, 15) is 9.59 Å². The first kappa shape index (κ1) is 22.3. The number of hydrogen-bond acceptors (Lipinski definition) is 6. The fraction of sp³-hybridized carbons (Fsp3) is 0.565. The van der Waals surface area contributed by atoms with Crippen LogP contribution in [0, 0.1) is 5.92 Å². The van der Waals surface area contributed by atoms with Crippen molar-refractivity contribution in [2.45, 2.75) is 58.4 Å². The van der Waals surface area contributed by atoms with Gasteiger partial charge in [0.25, 0.3) is 5.91 Å². The minimum atomic E-state index is -0.155. The van der Waals surface area contributed by atoms with Crippen molar-refractivity contribution in [3.63, 3.8) is 0 Å². The fourth-order valence-corrected chi connectivity index (χ4v) is 4.16. The van der Waals surface area contributed by atoms with Gasteiger partial charge in [0.2, 0.25) is 5.91 Å². The van der Waals surface area contributed by atoms with Crippen LogP contribution in [0.25, 0.3) is 0 Å². The summed E-state index contributed by atoms with van der Waals surface area (Å²) in [6, 6.07) is 7.92. The average Bonchev–Trinajstić information content (AvgIpc) is 3.27. The Bertz CT molecular complexity index is 950. The molecule has 0 saturated carbocycles. The normalized spacial score (nSPS) is 19.8. The van der Waals surface area contributed by atoms with Crippen molar-refractivity contribution in [1.82, 2.24) is 25.2 Å². The van der Waals surface area contributed by atoms with Crippen LogP contribution >= 0.6 is 0 Å². The van der Waals surface area contributed by atoms with Crippen molar-refractivity contribution < 1.29 is 19.1 Å². The number of benzene rings is 1. The Balaban J connectivity index is 1.36. The summed E-state index contributed by atoms with van der Waals surface area (Å²) in [4.78, 5) is 27.3.